The number of hydrogen-bond acceptors (Lipinski definition) is 7. The summed E-state index contributed by atoms with van der Waals surface area (Å²) in [6.07, 6.45) is 4.08. The van der Waals surface area contributed by atoms with Gasteiger partial charge in [0.15, 0.2) is 0 Å². The topological polar surface area (TPSA) is 98.0 Å². The normalized spacial score (nSPS) is 12.0. The van der Waals surface area contributed by atoms with Crippen LogP contribution in [0.4, 0.5) is 11.9 Å². The van der Waals surface area contributed by atoms with Crippen molar-refractivity contribution in [3.8, 4) is 6.01 Å². The van der Waals surface area contributed by atoms with Crippen LogP contribution in [0, 0.1) is 0 Å². The van der Waals surface area contributed by atoms with Crippen LogP contribution >= 0.6 is 0 Å². The van der Waals surface area contributed by atoms with E-state index in [4.69, 9.17) is 10.6 Å². The second kappa shape index (κ2) is 8.47. The number of nitrogens with two attached hydrogens (primary N) is 1. The largest absolute Gasteiger partial charge is 0.463 e. The zero-order valence-electron chi connectivity index (χ0n) is 11.9. The van der Waals surface area contributed by atoms with E-state index in [9.17, 15) is 0 Å². The Hall–Kier alpha value is -1.63. The molecule has 0 fully saturated rings. The minimum atomic E-state index is 0.290. The summed E-state index contributed by atoms with van der Waals surface area (Å²) in [7, 11) is 0. The molecule has 1 heterocycles. The monoisotopic (exact) mass is 268 g/mol. The lowest BCUT2D eigenvalue weighted by molar-refractivity contribution is 0.292. The Morgan fingerprint density at radius 3 is 2.42 bits per heavy atom. The molecule has 0 saturated carbocycles. The van der Waals surface area contributed by atoms with Gasteiger partial charge in [-0.05, 0) is 19.3 Å². The zero-order chi connectivity index (χ0) is 14.1. The van der Waals surface area contributed by atoms with Gasteiger partial charge in [0.1, 0.15) is 0 Å². The molecule has 1 atom stereocenters. The van der Waals surface area contributed by atoms with Crippen LogP contribution in [-0.2, 0) is 0 Å². The van der Waals surface area contributed by atoms with Crippen LogP contribution in [0.5, 0.6) is 6.01 Å². The smallest absolute Gasteiger partial charge is 0.323 e. The van der Waals surface area contributed by atoms with Crippen LogP contribution in [-0.4, -0.2) is 27.6 Å². The van der Waals surface area contributed by atoms with Crippen molar-refractivity contribution in [3.63, 3.8) is 0 Å². The molecule has 0 amide bonds. The van der Waals surface area contributed by atoms with Crippen LogP contribution < -0.4 is 21.3 Å². The number of hydrogen-bond donors (Lipinski definition) is 3. The predicted molar refractivity (Wildman–Crippen MR) is 76.0 cm³/mol. The van der Waals surface area contributed by atoms with E-state index in [1.54, 1.807) is 0 Å². The Morgan fingerprint density at radius 2 is 1.84 bits per heavy atom. The average molecular weight is 268 g/mol. The van der Waals surface area contributed by atoms with Gasteiger partial charge in [0.05, 0.1) is 6.61 Å². The number of hydrazine groups is 1. The van der Waals surface area contributed by atoms with Crippen molar-refractivity contribution in [1.29, 1.82) is 0 Å². The molecule has 7 heteroatoms. The molecule has 7 nitrogen and oxygen atoms in total. The van der Waals surface area contributed by atoms with Gasteiger partial charge in [0, 0.05) is 6.04 Å². The highest BCUT2D eigenvalue weighted by atomic mass is 16.5. The third kappa shape index (κ3) is 5.25. The van der Waals surface area contributed by atoms with Crippen LogP contribution in [0.3, 0.4) is 0 Å². The fourth-order valence-corrected chi connectivity index (χ4v) is 1.65. The van der Waals surface area contributed by atoms with Crippen LogP contribution in [0.2, 0.25) is 0 Å². The van der Waals surface area contributed by atoms with Crippen molar-refractivity contribution in [1.82, 2.24) is 15.0 Å². The molecular weight excluding hydrogens is 244 g/mol. The summed E-state index contributed by atoms with van der Waals surface area (Å²) in [5.74, 6) is 6.15. The summed E-state index contributed by atoms with van der Waals surface area (Å²) in [4.78, 5) is 12.5. The lowest BCUT2D eigenvalue weighted by atomic mass is 10.1. The van der Waals surface area contributed by atoms with Crippen molar-refractivity contribution < 1.29 is 4.74 Å². The number of anilines is 2. The second-order valence-electron chi connectivity index (χ2n) is 4.30. The van der Waals surface area contributed by atoms with Gasteiger partial charge in [-0.15, -0.1) is 0 Å². The number of rotatable bonds is 9. The Labute approximate surface area is 114 Å². The van der Waals surface area contributed by atoms with E-state index in [1.807, 2.05) is 6.92 Å². The fraction of sp³-hybridized carbons (Fsp3) is 0.750. The molecule has 0 radical (unpaired) electrons. The van der Waals surface area contributed by atoms with Crippen LogP contribution in [0.1, 0.15) is 46.5 Å². The Balaban J connectivity index is 2.80. The Bertz CT molecular complexity index is 373. The highest BCUT2D eigenvalue weighted by Gasteiger charge is 2.10. The first-order valence-electron chi connectivity index (χ1n) is 6.85. The third-order valence-electron chi connectivity index (χ3n) is 2.64. The zero-order valence-corrected chi connectivity index (χ0v) is 11.9. The quantitative estimate of drug-likeness (QED) is 0.465. The lowest BCUT2D eigenvalue weighted by Gasteiger charge is -2.16. The predicted octanol–water partition coefficient (Wildman–Crippen LogP) is 1.94. The van der Waals surface area contributed by atoms with E-state index in [-0.39, 0.29) is 0 Å². The van der Waals surface area contributed by atoms with E-state index in [2.05, 4.69) is 39.5 Å². The van der Waals surface area contributed by atoms with Gasteiger partial charge in [-0.1, -0.05) is 27.2 Å². The van der Waals surface area contributed by atoms with Crippen LogP contribution in [0.15, 0.2) is 0 Å². The summed E-state index contributed by atoms with van der Waals surface area (Å²) in [5, 5.41) is 3.28. The second-order valence-corrected chi connectivity index (χ2v) is 4.30. The van der Waals surface area contributed by atoms with E-state index < -0.39 is 0 Å². The van der Waals surface area contributed by atoms with Crippen molar-refractivity contribution >= 4 is 11.9 Å². The molecule has 1 aromatic heterocycles. The molecule has 4 N–H and O–H groups in total. The molecule has 0 spiro atoms. The van der Waals surface area contributed by atoms with E-state index in [0.29, 0.717) is 30.6 Å². The maximum atomic E-state index is 5.42. The van der Waals surface area contributed by atoms with Crippen molar-refractivity contribution in [2.75, 3.05) is 17.3 Å². The maximum absolute atomic E-state index is 5.42. The highest BCUT2D eigenvalue weighted by molar-refractivity contribution is 5.35. The first kappa shape index (κ1) is 15.4. The van der Waals surface area contributed by atoms with Gasteiger partial charge in [-0.25, -0.2) is 5.84 Å². The van der Waals surface area contributed by atoms with Gasteiger partial charge in [0.2, 0.25) is 11.9 Å². The number of ether oxygens (including phenoxy) is 1. The molecule has 108 valence electrons. The Kier molecular flexibility index (Phi) is 6.88. The molecule has 0 aliphatic carbocycles. The number of aromatic nitrogens is 3. The lowest BCUT2D eigenvalue weighted by Crippen LogP contribution is -2.21. The standard InChI is InChI=1S/C12H24N6O/c1-4-7-9(6-3)14-10-15-11(18-13)17-12(16-10)19-8-5-2/h9H,4-8,13H2,1-3H3,(H2,14,15,16,17,18). The summed E-state index contributed by atoms with van der Waals surface area (Å²) < 4.78 is 5.42. The van der Waals surface area contributed by atoms with Gasteiger partial charge in [-0.3, -0.25) is 5.43 Å². The molecular formula is C12H24N6O. The molecule has 1 unspecified atom stereocenters. The van der Waals surface area contributed by atoms with E-state index in [1.165, 1.54) is 0 Å². The molecule has 0 aliphatic rings. The molecule has 0 aromatic carbocycles. The minimum Gasteiger partial charge on any atom is -0.463 e. The molecule has 0 aliphatic heterocycles. The van der Waals surface area contributed by atoms with Crippen molar-refractivity contribution in [2.24, 2.45) is 5.84 Å². The summed E-state index contributed by atoms with van der Waals surface area (Å²) in [5.41, 5.74) is 2.43. The Morgan fingerprint density at radius 1 is 1.11 bits per heavy atom. The van der Waals surface area contributed by atoms with Gasteiger partial charge >= 0.3 is 6.01 Å². The van der Waals surface area contributed by atoms with Gasteiger partial charge < -0.3 is 10.1 Å². The summed E-state index contributed by atoms with van der Waals surface area (Å²) in [6.45, 7) is 6.88. The summed E-state index contributed by atoms with van der Waals surface area (Å²) in [6, 6.07) is 0.635. The average Bonchev–Trinajstić information content (AvgIpc) is 2.44. The molecule has 0 saturated heterocycles. The third-order valence-corrected chi connectivity index (χ3v) is 2.64. The number of nitrogens with one attached hydrogen (secondary N) is 2. The fourth-order valence-electron chi connectivity index (χ4n) is 1.65. The maximum Gasteiger partial charge on any atom is 0.323 e. The highest BCUT2D eigenvalue weighted by Crippen LogP contribution is 2.14. The number of nitrogen functional groups attached to an aromatic ring is 1. The van der Waals surface area contributed by atoms with E-state index >= 15 is 0 Å². The molecule has 0 bridgehead atoms. The van der Waals surface area contributed by atoms with Gasteiger partial charge in [-0.2, -0.15) is 15.0 Å². The van der Waals surface area contributed by atoms with Crippen molar-refractivity contribution in [3.05, 3.63) is 0 Å². The number of nitrogens with zero attached hydrogens (tertiary/aromatic N) is 3. The SMILES string of the molecule is CCCOc1nc(NN)nc(NC(CC)CCC)n1. The first-order valence-corrected chi connectivity index (χ1v) is 6.85. The molecule has 19 heavy (non-hydrogen) atoms. The summed E-state index contributed by atoms with van der Waals surface area (Å²) >= 11 is 0. The molecule has 1 rings (SSSR count). The van der Waals surface area contributed by atoms with Crippen molar-refractivity contribution in [2.45, 2.75) is 52.5 Å². The minimum absolute atomic E-state index is 0.290. The van der Waals surface area contributed by atoms with E-state index in [0.717, 1.165) is 25.7 Å². The first-order chi connectivity index (χ1) is 9.23. The van der Waals surface area contributed by atoms with Crippen LogP contribution in [0.25, 0.3) is 0 Å². The van der Waals surface area contributed by atoms with Gasteiger partial charge in [0.25, 0.3) is 0 Å². The molecule has 1 aromatic rings.